The van der Waals surface area contributed by atoms with Gasteiger partial charge in [0.15, 0.2) is 0 Å². The number of fused-ring (bicyclic) bond motifs is 1. The summed E-state index contributed by atoms with van der Waals surface area (Å²) in [5, 5.41) is 0. The normalized spacial score (nSPS) is 47.6. The van der Waals surface area contributed by atoms with Crippen molar-refractivity contribution in [3.63, 3.8) is 0 Å². The fourth-order valence-electron chi connectivity index (χ4n) is 1.79. The first-order valence-corrected chi connectivity index (χ1v) is 3.91. The van der Waals surface area contributed by atoms with Gasteiger partial charge in [-0.3, -0.25) is 0 Å². The number of carbonyl (C=O) groups is 2. The van der Waals surface area contributed by atoms with E-state index in [4.69, 9.17) is 4.74 Å². The van der Waals surface area contributed by atoms with E-state index >= 15 is 0 Å². The molecule has 0 aromatic carbocycles. The molecule has 3 heteroatoms. The highest BCUT2D eigenvalue weighted by Gasteiger charge is 2.48. The molecule has 0 radical (unpaired) electrons. The Bertz CT molecular complexity index is 170. The van der Waals surface area contributed by atoms with E-state index in [1.807, 2.05) is 0 Å². The van der Waals surface area contributed by atoms with Gasteiger partial charge in [0.2, 0.25) is 0 Å². The van der Waals surface area contributed by atoms with Crippen LogP contribution in [0.5, 0.6) is 0 Å². The minimum absolute atomic E-state index is 0.0868. The third kappa shape index (κ3) is 1.09. The lowest BCUT2D eigenvalue weighted by Crippen LogP contribution is -2.26. The number of epoxide rings is 1. The van der Waals surface area contributed by atoms with Gasteiger partial charge in [-0.15, -0.1) is 0 Å². The minimum atomic E-state index is -0.0868. The lowest BCUT2D eigenvalue weighted by atomic mass is 9.81. The smallest absolute Gasteiger partial charge is 0.123 e. The van der Waals surface area contributed by atoms with Crippen molar-refractivity contribution in [3.05, 3.63) is 0 Å². The van der Waals surface area contributed by atoms with E-state index < -0.39 is 0 Å². The monoisotopic (exact) mass is 154 g/mol. The van der Waals surface area contributed by atoms with Crippen LogP contribution < -0.4 is 0 Å². The largest absolute Gasteiger partial charge is 0.370 e. The van der Waals surface area contributed by atoms with Crippen LogP contribution in [0.15, 0.2) is 0 Å². The van der Waals surface area contributed by atoms with E-state index in [1.54, 1.807) is 0 Å². The van der Waals surface area contributed by atoms with Crippen molar-refractivity contribution in [2.24, 2.45) is 11.8 Å². The van der Waals surface area contributed by atoms with Crippen molar-refractivity contribution in [2.75, 3.05) is 0 Å². The summed E-state index contributed by atoms with van der Waals surface area (Å²) < 4.78 is 5.22. The molecule has 4 unspecified atom stereocenters. The number of hydrogen-bond acceptors (Lipinski definition) is 3. The molecule has 2 fully saturated rings. The highest BCUT2D eigenvalue weighted by Crippen LogP contribution is 2.41. The van der Waals surface area contributed by atoms with Crippen LogP contribution in [-0.2, 0) is 14.3 Å². The first kappa shape index (κ1) is 6.98. The Morgan fingerprint density at radius 2 is 1.45 bits per heavy atom. The van der Waals surface area contributed by atoms with Gasteiger partial charge in [-0.1, -0.05) is 0 Å². The highest BCUT2D eigenvalue weighted by molar-refractivity contribution is 5.65. The molecule has 0 spiro atoms. The van der Waals surface area contributed by atoms with E-state index in [0.29, 0.717) is 0 Å². The van der Waals surface area contributed by atoms with Crippen LogP contribution in [0.2, 0.25) is 0 Å². The molecule has 1 aliphatic carbocycles. The molecule has 60 valence electrons. The molecule has 0 amide bonds. The van der Waals surface area contributed by atoms with Crippen molar-refractivity contribution < 1.29 is 14.3 Å². The average molecular weight is 154 g/mol. The number of aldehydes is 2. The fraction of sp³-hybridized carbons (Fsp3) is 0.750. The third-order valence-corrected chi connectivity index (χ3v) is 2.60. The van der Waals surface area contributed by atoms with E-state index in [-0.39, 0.29) is 24.0 Å². The lowest BCUT2D eigenvalue weighted by Gasteiger charge is -2.18. The molecule has 11 heavy (non-hydrogen) atoms. The predicted octanol–water partition coefficient (Wildman–Crippen LogP) is 0.178. The molecule has 1 saturated carbocycles. The standard InChI is InChI=1S/C8H10O3/c9-3-5-1-7-8(11-7)2-6(5)4-10/h3-8H,1-2H2. The van der Waals surface area contributed by atoms with Crippen LogP contribution in [0.3, 0.4) is 0 Å². The van der Waals surface area contributed by atoms with Gasteiger partial charge in [-0.05, 0) is 12.8 Å². The Hall–Kier alpha value is -0.700. The lowest BCUT2D eigenvalue weighted by molar-refractivity contribution is -0.120. The zero-order chi connectivity index (χ0) is 7.84. The van der Waals surface area contributed by atoms with Crippen molar-refractivity contribution >= 4 is 12.6 Å². The molecular formula is C8H10O3. The topological polar surface area (TPSA) is 46.7 Å². The molecule has 1 aliphatic heterocycles. The maximum atomic E-state index is 10.5. The molecule has 0 N–H and O–H groups in total. The molecule has 2 aliphatic rings. The van der Waals surface area contributed by atoms with Crippen molar-refractivity contribution in [2.45, 2.75) is 25.0 Å². The van der Waals surface area contributed by atoms with Gasteiger partial charge in [-0.2, -0.15) is 0 Å². The molecular weight excluding hydrogens is 144 g/mol. The molecule has 1 heterocycles. The summed E-state index contributed by atoms with van der Waals surface area (Å²) in [5.41, 5.74) is 0. The Labute approximate surface area is 64.7 Å². The van der Waals surface area contributed by atoms with Crippen LogP contribution >= 0.6 is 0 Å². The van der Waals surface area contributed by atoms with E-state index in [2.05, 4.69) is 0 Å². The van der Waals surface area contributed by atoms with Crippen molar-refractivity contribution in [3.8, 4) is 0 Å². The van der Waals surface area contributed by atoms with Gasteiger partial charge < -0.3 is 14.3 Å². The summed E-state index contributed by atoms with van der Waals surface area (Å²) in [6.07, 6.45) is 3.83. The van der Waals surface area contributed by atoms with Gasteiger partial charge in [0.05, 0.1) is 12.2 Å². The van der Waals surface area contributed by atoms with Gasteiger partial charge in [0.25, 0.3) is 0 Å². The minimum Gasteiger partial charge on any atom is -0.370 e. The second-order valence-electron chi connectivity index (χ2n) is 3.28. The Morgan fingerprint density at radius 1 is 1.00 bits per heavy atom. The SMILES string of the molecule is O=CC1CC2OC2CC1C=O. The maximum Gasteiger partial charge on any atom is 0.123 e. The van der Waals surface area contributed by atoms with E-state index in [1.165, 1.54) is 0 Å². The van der Waals surface area contributed by atoms with Crippen LogP contribution in [0, 0.1) is 11.8 Å². The van der Waals surface area contributed by atoms with Crippen LogP contribution in [-0.4, -0.2) is 24.8 Å². The summed E-state index contributed by atoms with van der Waals surface area (Å²) in [6.45, 7) is 0. The predicted molar refractivity (Wildman–Crippen MR) is 37.0 cm³/mol. The maximum absolute atomic E-state index is 10.5. The molecule has 0 bridgehead atoms. The summed E-state index contributed by atoms with van der Waals surface area (Å²) >= 11 is 0. The number of rotatable bonds is 2. The zero-order valence-electron chi connectivity index (χ0n) is 6.10. The Balaban J connectivity index is 2.04. The highest BCUT2D eigenvalue weighted by atomic mass is 16.6. The van der Waals surface area contributed by atoms with Crippen LogP contribution in [0.25, 0.3) is 0 Å². The molecule has 4 atom stereocenters. The Morgan fingerprint density at radius 3 is 1.82 bits per heavy atom. The first-order chi connectivity index (χ1) is 5.35. The number of hydrogen-bond donors (Lipinski definition) is 0. The summed E-state index contributed by atoms with van der Waals surface area (Å²) in [4.78, 5) is 21.0. The molecule has 2 rings (SSSR count). The molecule has 0 aromatic rings. The fourth-order valence-corrected chi connectivity index (χ4v) is 1.79. The molecule has 1 saturated heterocycles. The van der Waals surface area contributed by atoms with Gasteiger partial charge in [0, 0.05) is 11.8 Å². The van der Waals surface area contributed by atoms with E-state index in [9.17, 15) is 9.59 Å². The summed E-state index contributed by atoms with van der Waals surface area (Å²) in [7, 11) is 0. The van der Waals surface area contributed by atoms with Crippen molar-refractivity contribution in [1.82, 2.24) is 0 Å². The van der Waals surface area contributed by atoms with Crippen LogP contribution in [0.4, 0.5) is 0 Å². The summed E-state index contributed by atoms with van der Waals surface area (Å²) in [5.74, 6) is -0.174. The quantitative estimate of drug-likeness (QED) is 0.421. The second kappa shape index (κ2) is 2.41. The first-order valence-electron chi connectivity index (χ1n) is 3.91. The molecule has 0 aromatic heterocycles. The van der Waals surface area contributed by atoms with Gasteiger partial charge >= 0.3 is 0 Å². The number of ether oxygens (including phenoxy) is 1. The molecule has 3 nitrogen and oxygen atoms in total. The second-order valence-corrected chi connectivity index (χ2v) is 3.28. The Kier molecular flexibility index (Phi) is 1.53. The zero-order valence-corrected chi connectivity index (χ0v) is 6.10. The van der Waals surface area contributed by atoms with Gasteiger partial charge in [0.1, 0.15) is 12.6 Å². The van der Waals surface area contributed by atoms with Crippen molar-refractivity contribution in [1.29, 1.82) is 0 Å². The third-order valence-electron chi connectivity index (χ3n) is 2.60. The number of carbonyl (C=O) groups excluding carboxylic acids is 2. The van der Waals surface area contributed by atoms with E-state index in [0.717, 1.165) is 25.4 Å². The summed E-state index contributed by atoms with van der Waals surface area (Å²) in [6, 6.07) is 0. The van der Waals surface area contributed by atoms with Crippen LogP contribution in [0.1, 0.15) is 12.8 Å². The average Bonchev–Trinajstić information content (AvgIpc) is 2.79. The van der Waals surface area contributed by atoms with Gasteiger partial charge in [-0.25, -0.2) is 0 Å².